The number of anilines is 2. The minimum atomic E-state index is -1.06. The van der Waals surface area contributed by atoms with E-state index in [0.29, 0.717) is 148 Å². The van der Waals surface area contributed by atoms with Crippen molar-refractivity contribution in [2.45, 2.75) is 129 Å². The van der Waals surface area contributed by atoms with Crippen LogP contribution >= 0.6 is 0 Å². The molecule has 0 aromatic heterocycles. The number of ether oxygens (including phenoxy) is 9. The van der Waals surface area contributed by atoms with Crippen LogP contribution in [0.15, 0.2) is 78.9 Å². The van der Waals surface area contributed by atoms with Gasteiger partial charge < -0.3 is 77.4 Å². The van der Waals surface area contributed by atoms with Gasteiger partial charge in [-0.05, 0) is 113 Å². The van der Waals surface area contributed by atoms with Crippen molar-refractivity contribution >= 4 is 60.8 Å². The molecule has 6 heterocycles. The fraction of sp³-hybridized carbons (Fsp3) is 0.515. The Morgan fingerprint density at radius 1 is 0.703 bits per heavy atom. The van der Waals surface area contributed by atoms with E-state index in [4.69, 9.17) is 42.6 Å². The van der Waals surface area contributed by atoms with E-state index in [1.807, 2.05) is 41.8 Å². The molecule has 9 rings (SSSR count). The van der Waals surface area contributed by atoms with E-state index < -0.39 is 44.5 Å². The fourth-order valence-electron chi connectivity index (χ4n) is 12.3. The smallest absolute Gasteiger partial charge is 0.411 e. The van der Waals surface area contributed by atoms with Gasteiger partial charge in [-0.3, -0.25) is 33.7 Å². The fourth-order valence-corrected chi connectivity index (χ4v) is 12.3. The minimum Gasteiger partial charge on any atom is -0.493 e. The Bertz CT molecular complexity index is 3250. The Morgan fingerprint density at radius 2 is 1.29 bits per heavy atom. The van der Waals surface area contributed by atoms with Gasteiger partial charge in [-0.1, -0.05) is 36.1 Å². The number of nitrogens with zero attached hydrogens (tertiary/aromatic N) is 5. The summed E-state index contributed by atoms with van der Waals surface area (Å²) in [6, 6.07) is 11.8. The highest BCUT2D eigenvalue weighted by Crippen LogP contribution is 2.44. The van der Waals surface area contributed by atoms with Gasteiger partial charge in [0.1, 0.15) is 31.0 Å². The number of amides is 5. The second-order valence-corrected chi connectivity index (χ2v) is 23.7. The molecule has 5 atom stereocenters. The van der Waals surface area contributed by atoms with Gasteiger partial charge in [0.05, 0.1) is 83.1 Å². The van der Waals surface area contributed by atoms with E-state index in [9.17, 15) is 38.8 Å². The van der Waals surface area contributed by atoms with Crippen LogP contribution in [-0.2, 0) is 60.8 Å². The lowest BCUT2D eigenvalue weighted by Crippen LogP contribution is -2.56. The second-order valence-electron chi connectivity index (χ2n) is 23.7. The van der Waals surface area contributed by atoms with Gasteiger partial charge in [-0.2, -0.15) is 0 Å². The number of hydrogen-bond acceptors (Lipinski definition) is 19. The number of carbonyl (C=O) groups excluding carboxylic acids is 6. The van der Waals surface area contributed by atoms with Gasteiger partial charge >= 0.3 is 14.1 Å². The number of Topliss-reactive ketones (excluding diaryl/α,β-unsaturated/α-hetero) is 1. The van der Waals surface area contributed by atoms with E-state index in [1.165, 1.54) is 19.3 Å². The Morgan fingerprint density at radius 3 is 1.91 bits per heavy atom. The summed E-state index contributed by atoms with van der Waals surface area (Å²) in [6.45, 7) is 19.7. The summed E-state index contributed by atoms with van der Waals surface area (Å²) in [5.41, 5.74) is 6.35. The molecule has 3 N–H and O–H groups in total. The average molecular weight is 1260 g/mol. The second kappa shape index (κ2) is 32.2. The maximum atomic E-state index is 14.5. The summed E-state index contributed by atoms with van der Waals surface area (Å²) in [7, 11) is -0.498. The van der Waals surface area contributed by atoms with Crippen molar-refractivity contribution in [3.05, 3.63) is 112 Å². The standard InChI is InChI=1S/C66H84B2N6O17/c1-43-30-53-46(4)73(67(5)81)54-38-59(58(83-7)36-52(54)65(80)71(53)39-43)90-42-49-34-47(12-10-19-69-60(76)18-23-85-25-27-87-29-28-86-26-24-84-21-11-13-50(75)17-20-70-61(77)15-16-62(70)78)33-48(35-49)41-89-57-37-55-51(32-45(57)3)64(79)72-40-44(2)31-56(72)66(74(55)68(6)82)91-63-14-8-9-22-88-63/h15-16,32-38,46,53,56,63,66,81-82H,1-2,8-9,11,13-14,17-31,39-42H2,3-7H3,(H,69,76)/t46-,53-,56-,63?,66-/m0/s1. The maximum Gasteiger partial charge on any atom is 0.411 e. The first kappa shape index (κ1) is 67.9. The van der Waals surface area contributed by atoms with Gasteiger partial charge in [0.15, 0.2) is 17.8 Å². The molecule has 3 aromatic carbocycles. The summed E-state index contributed by atoms with van der Waals surface area (Å²) in [5.74, 6) is 5.96. The monoisotopic (exact) mass is 1250 g/mol. The van der Waals surface area contributed by atoms with Crippen LogP contribution in [0.2, 0.25) is 13.6 Å². The normalized spacial score (nSPS) is 20.2. The summed E-state index contributed by atoms with van der Waals surface area (Å²) < 4.78 is 54.0. The Labute approximate surface area is 533 Å². The van der Waals surface area contributed by atoms with Crippen LogP contribution in [0.5, 0.6) is 17.2 Å². The van der Waals surface area contributed by atoms with Crippen molar-refractivity contribution in [2.75, 3.05) is 102 Å². The summed E-state index contributed by atoms with van der Waals surface area (Å²) >= 11 is 0. The number of hydrogen-bond donors (Lipinski definition) is 3. The third kappa shape index (κ3) is 17.3. The highest BCUT2D eigenvalue weighted by Gasteiger charge is 2.48. The molecule has 6 aliphatic rings. The molecule has 0 spiro atoms. The van der Waals surface area contributed by atoms with Crippen molar-refractivity contribution in [3.63, 3.8) is 0 Å². The van der Waals surface area contributed by atoms with Crippen LogP contribution in [0.4, 0.5) is 11.4 Å². The number of nitrogens with one attached hydrogen (secondary N) is 1. The average Bonchev–Trinajstić information content (AvgIpc) is 1.70. The van der Waals surface area contributed by atoms with Gasteiger partial charge in [0.25, 0.3) is 23.6 Å². The van der Waals surface area contributed by atoms with Crippen LogP contribution in [0.3, 0.4) is 0 Å². The van der Waals surface area contributed by atoms with E-state index in [0.717, 1.165) is 34.5 Å². The first-order valence-electron chi connectivity index (χ1n) is 31.4. The van der Waals surface area contributed by atoms with E-state index >= 15 is 0 Å². The molecular weight excluding hydrogens is 1170 g/mol. The van der Waals surface area contributed by atoms with E-state index in [1.54, 1.807) is 47.6 Å². The van der Waals surface area contributed by atoms with Gasteiger partial charge in [-0.15, -0.1) is 0 Å². The number of ketones is 1. The molecule has 3 aromatic rings. The van der Waals surface area contributed by atoms with Crippen molar-refractivity contribution in [3.8, 4) is 29.1 Å². The largest absolute Gasteiger partial charge is 0.493 e. The summed E-state index contributed by atoms with van der Waals surface area (Å²) in [4.78, 5) is 85.1. The number of carbonyl (C=O) groups is 6. The zero-order chi connectivity index (χ0) is 64.7. The minimum absolute atomic E-state index is 0.0277. The Hall–Kier alpha value is -7.53. The molecule has 0 saturated carbocycles. The molecule has 25 heteroatoms. The van der Waals surface area contributed by atoms with E-state index in [-0.39, 0.29) is 87.9 Å². The Kier molecular flexibility index (Phi) is 24.0. The third-order valence-electron chi connectivity index (χ3n) is 16.8. The predicted molar refractivity (Wildman–Crippen MR) is 339 cm³/mol. The topological polar surface area (TPSA) is 254 Å². The number of benzene rings is 3. The zero-order valence-electron chi connectivity index (χ0n) is 52.9. The van der Waals surface area contributed by atoms with Crippen LogP contribution in [0.25, 0.3) is 0 Å². The first-order chi connectivity index (χ1) is 43.9. The van der Waals surface area contributed by atoms with Gasteiger partial charge in [0, 0.05) is 99.4 Å². The van der Waals surface area contributed by atoms with Crippen LogP contribution in [0, 0.1) is 18.8 Å². The van der Waals surface area contributed by atoms with E-state index in [2.05, 4.69) is 30.3 Å². The number of aryl methyl sites for hydroxylation is 1. The lowest BCUT2D eigenvalue weighted by atomic mass is 9.80. The number of methoxy groups -OCH3 is 1. The third-order valence-corrected chi connectivity index (χ3v) is 16.8. The molecule has 91 heavy (non-hydrogen) atoms. The van der Waals surface area contributed by atoms with Crippen LogP contribution in [-0.4, -0.2) is 198 Å². The molecular formula is C66H84B2N6O17. The van der Waals surface area contributed by atoms with Gasteiger partial charge in [0.2, 0.25) is 5.91 Å². The molecule has 3 fully saturated rings. The quantitative estimate of drug-likeness (QED) is 0.0239. The molecule has 6 aliphatic heterocycles. The Balaban J connectivity index is 0.808. The summed E-state index contributed by atoms with van der Waals surface area (Å²) in [6.07, 6.45) is 5.88. The maximum absolute atomic E-state index is 14.5. The molecule has 23 nitrogen and oxygen atoms in total. The van der Waals surface area contributed by atoms with Crippen molar-refractivity contribution in [2.24, 2.45) is 0 Å². The lowest BCUT2D eigenvalue weighted by Gasteiger charge is -2.40. The van der Waals surface area contributed by atoms with Gasteiger partial charge in [-0.25, -0.2) is 0 Å². The predicted octanol–water partition coefficient (Wildman–Crippen LogP) is 5.41. The molecule has 0 radical (unpaired) electrons. The highest BCUT2D eigenvalue weighted by molar-refractivity contribution is 6.54. The molecule has 5 amide bonds. The van der Waals surface area contributed by atoms with Crippen molar-refractivity contribution < 1.29 is 81.4 Å². The SMILES string of the molecule is C=C1C[C@H]2[C@H](C)N(B(C)O)c3cc(OCc4cc(C#CCNC(=O)CCOCCOCCOCCOCCCC(=O)CCN5C(=O)C=CC5=O)cc(COc5cc6c(cc5C)C(=O)N5CC(=C)C[C@H]5[C@H](OC5CCCCO5)N6B(C)O)c4)c(OC)cc3C(=O)N2C1. The van der Waals surface area contributed by atoms with Crippen molar-refractivity contribution in [1.29, 1.82) is 0 Å². The number of imide groups is 1. The molecule has 486 valence electrons. The molecule has 0 aliphatic carbocycles. The first-order valence-corrected chi connectivity index (χ1v) is 31.4. The number of fused-ring (bicyclic) bond motifs is 4. The highest BCUT2D eigenvalue weighted by atomic mass is 16.7. The van der Waals surface area contributed by atoms with Crippen LogP contribution in [0.1, 0.15) is 108 Å². The lowest BCUT2D eigenvalue weighted by molar-refractivity contribution is -0.194. The molecule has 0 bridgehead atoms. The van der Waals surface area contributed by atoms with Crippen molar-refractivity contribution in [1.82, 2.24) is 20.0 Å². The molecule has 1 unspecified atom stereocenters. The number of rotatable bonds is 31. The molecule has 3 saturated heterocycles. The summed E-state index contributed by atoms with van der Waals surface area (Å²) in [5, 5.41) is 25.6. The van der Waals surface area contributed by atoms with Crippen LogP contribution < -0.4 is 29.1 Å². The zero-order valence-corrected chi connectivity index (χ0v) is 52.9.